The number of rotatable bonds is 1. The van der Waals surface area contributed by atoms with Gasteiger partial charge in [0.1, 0.15) is 5.69 Å². The predicted octanol–water partition coefficient (Wildman–Crippen LogP) is 0.702. The molecule has 7 heteroatoms. The summed E-state index contributed by atoms with van der Waals surface area (Å²) in [6, 6.07) is 0. The Morgan fingerprint density at radius 2 is 2.08 bits per heavy atom. The molecule has 70 valence electrons. The molecule has 1 rings (SSSR count). The van der Waals surface area contributed by atoms with Crippen LogP contribution in [0.1, 0.15) is 5.69 Å². The van der Waals surface area contributed by atoms with Crippen molar-refractivity contribution in [3.63, 3.8) is 0 Å². The number of amidine groups is 1. The number of hydrogen-bond donors (Lipinski definition) is 1. The molecule has 13 heavy (non-hydrogen) atoms. The Morgan fingerprint density at radius 3 is 2.54 bits per heavy atom. The average molecular weight is 190 g/mol. The summed E-state index contributed by atoms with van der Waals surface area (Å²) in [7, 11) is 0. The molecule has 1 heterocycles. The Hall–Kier alpha value is -1.66. The predicted molar refractivity (Wildman–Crippen MR) is 38.8 cm³/mol. The molecule has 2 N–H and O–H groups in total. The molecule has 1 aromatic heterocycles. The zero-order valence-corrected chi connectivity index (χ0v) is 6.28. The number of alkyl halides is 3. The highest BCUT2D eigenvalue weighted by Crippen LogP contribution is 2.16. The van der Waals surface area contributed by atoms with Gasteiger partial charge in [0.05, 0.1) is 6.20 Å². The molecular weight excluding hydrogens is 185 g/mol. The molecule has 0 amide bonds. The van der Waals surface area contributed by atoms with E-state index in [1.807, 2.05) is 0 Å². The summed E-state index contributed by atoms with van der Waals surface area (Å²) < 4.78 is 35.0. The van der Waals surface area contributed by atoms with Gasteiger partial charge in [-0.15, -0.1) is 13.2 Å². The summed E-state index contributed by atoms with van der Waals surface area (Å²) in [4.78, 5) is 9.36. The third kappa shape index (κ3) is 3.06. The first-order valence-electron chi connectivity index (χ1n) is 3.17. The first-order valence-corrected chi connectivity index (χ1v) is 3.17. The third-order valence-corrected chi connectivity index (χ3v) is 1.07. The van der Waals surface area contributed by atoms with Crippen LogP contribution in [-0.2, 0) is 0 Å². The fourth-order valence-corrected chi connectivity index (χ4v) is 0.625. The lowest BCUT2D eigenvalue weighted by Crippen LogP contribution is -2.20. The molecule has 0 fully saturated rings. The van der Waals surface area contributed by atoms with E-state index in [4.69, 9.17) is 5.73 Å². The molecule has 0 aliphatic heterocycles. The normalized spacial score (nSPS) is 13.0. The molecule has 4 nitrogen and oxygen atoms in total. The number of halogens is 3. The van der Waals surface area contributed by atoms with Crippen LogP contribution in [0, 0.1) is 0 Å². The van der Waals surface area contributed by atoms with Gasteiger partial charge in [0.15, 0.2) is 5.84 Å². The van der Waals surface area contributed by atoms with Gasteiger partial charge in [0, 0.05) is 12.4 Å². The third-order valence-electron chi connectivity index (χ3n) is 1.07. The number of nitrogens with zero attached hydrogens (tertiary/aromatic N) is 3. The lowest BCUT2D eigenvalue weighted by atomic mass is 10.4. The minimum Gasteiger partial charge on any atom is -0.382 e. The van der Waals surface area contributed by atoms with E-state index in [9.17, 15) is 13.2 Å². The van der Waals surface area contributed by atoms with Crippen LogP contribution in [0.15, 0.2) is 23.6 Å². The fourth-order valence-electron chi connectivity index (χ4n) is 0.625. The molecule has 1 aromatic rings. The Kier molecular flexibility index (Phi) is 2.45. The molecule has 0 aromatic carbocycles. The smallest absolute Gasteiger partial charge is 0.382 e. The number of nitrogens with two attached hydrogens (primary N) is 1. The van der Waals surface area contributed by atoms with Crippen LogP contribution in [0.25, 0.3) is 0 Å². The highest BCUT2D eigenvalue weighted by molar-refractivity contribution is 5.95. The maximum Gasteiger partial charge on any atom is 0.505 e. The highest BCUT2D eigenvalue weighted by atomic mass is 19.4. The van der Waals surface area contributed by atoms with Crippen LogP contribution in [0.5, 0.6) is 0 Å². The Balaban J connectivity index is 2.92. The highest BCUT2D eigenvalue weighted by Gasteiger charge is 2.27. The SMILES string of the molecule is NC(=NC(F)(F)F)c1cnccn1. The van der Waals surface area contributed by atoms with Gasteiger partial charge in [-0.3, -0.25) is 4.98 Å². The van der Waals surface area contributed by atoms with Gasteiger partial charge < -0.3 is 5.73 Å². The van der Waals surface area contributed by atoms with Crippen molar-refractivity contribution in [2.75, 3.05) is 0 Å². The first-order chi connectivity index (χ1) is 5.99. The van der Waals surface area contributed by atoms with E-state index in [0.717, 1.165) is 6.20 Å². The first kappa shape index (κ1) is 9.43. The summed E-state index contributed by atoms with van der Waals surface area (Å²) in [5, 5.41) is 0. The van der Waals surface area contributed by atoms with E-state index in [0.29, 0.717) is 0 Å². The monoisotopic (exact) mass is 190 g/mol. The molecule has 0 atom stereocenters. The van der Waals surface area contributed by atoms with Crippen LogP contribution in [0.3, 0.4) is 0 Å². The van der Waals surface area contributed by atoms with Crippen LogP contribution < -0.4 is 5.73 Å². The average Bonchev–Trinajstić information content (AvgIpc) is 2.03. The zero-order chi connectivity index (χ0) is 9.90. The van der Waals surface area contributed by atoms with Crippen molar-refractivity contribution in [1.82, 2.24) is 9.97 Å². The second-order valence-electron chi connectivity index (χ2n) is 2.06. The number of hydrogen-bond acceptors (Lipinski definition) is 3. The molecule has 0 aliphatic carbocycles. The number of aliphatic imine (C=N–C) groups is 1. The summed E-state index contributed by atoms with van der Waals surface area (Å²) in [6.07, 6.45) is -1.02. The van der Waals surface area contributed by atoms with E-state index in [2.05, 4.69) is 15.0 Å². The van der Waals surface area contributed by atoms with Crippen molar-refractivity contribution in [2.45, 2.75) is 6.30 Å². The van der Waals surface area contributed by atoms with Crippen molar-refractivity contribution in [3.05, 3.63) is 24.3 Å². The van der Waals surface area contributed by atoms with Crippen LogP contribution in [0.4, 0.5) is 13.2 Å². The minimum absolute atomic E-state index is 0.0974. The topological polar surface area (TPSA) is 64.2 Å². The summed E-state index contributed by atoms with van der Waals surface area (Å²) >= 11 is 0. The molecule has 0 saturated heterocycles. The zero-order valence-electron chi connectivity index (χ0n) is 6.28. The second-order valence-corrected chi connectivity index (χ2v) is 2.06. The van der Waals surface area contributed by atoms with E-state index in [1.165, 1.54) is 12.4 Å². The Morgan fingerprint density at radius 1 is 1.38 bits per heavy atom. The van der Waals surface area contributed by atoms with E-state index < -0.39 is 12.1 Å². The maximum absolute atomic E-state index is 11.7. The van der Waals surface area contributed by atoms with Gasteiger partial charge >= 0.3 is 6.30 Å². The standard InChI is InChI=1S/C6H5F3N4/c7-6(8,9)13-5(10)4-3-11-1-2-12-4/h1-3H,(H2,10,13). The minimum atomic E-state index is -4.68. The van der Waals surface area contributed by atoms with Gasteiger partial charge in [-0.2, -0.15) is 4.99 Å². The lowest BCUT2D eigenvalue weighted by molar-refractivity contribution is -0.119. The summed E-state index contributed by atoms with van der Waals surface area (Å²) in [6.45, 7) is 0. The van der Waals surface area contributed by atoms with Crippen molar-refractivity contribution in [2.24, 2.45) is 10.7 Å². The molecule has 0 spiro atoms. The molecule has 0 aliphatic rings. The van der Waals surface area contributed by atoms with Gasteiger partial charge in [-0.1, -0.05) is 0 Å². The van der Waals surface area contributed by atoms with Gasteiger partial charge in [-0.25, -0.2) is 4.98 Å². The summed E-state index contributed by atoms with van der Waals surface area (Å²) in [5.41, 5.74) is 4.91. The lowest BCUT2D eigenvalue weighted by Gasteiger charge is -2.01. The molecule has 0 saturated carbocycles. The van der Waals surface area contributed by atoms with Crippen molar-refractivity contribution >= 4 is 5.84 Å². The second kappa shape index (κ2) is 3.38. The van der Waals surface area contributed by atoms with E-state index >= 15 is 0 Å². The van der Waals surface area contributed by atoms with Gasteiger partial charge in [0.25, 0.3) is 0 Å². The number of aromatic nitrogens is 2. The molecule has 0 bridgehead atoms. The molecular formula is C6H5F3N4. The van der Waals surface area contributed by atoms with Gasteiger partial charge in [-0.05, 0) is 0 Å². The molecule has 0 radical (unpaired) electrons. The quantitative estimate of drug-likeness (QED) is 0.402. The van der Waals surface area contributed by atoms with Crippen molar-refractivity contribution < 1.29 is 13.2 Å². The maximum atomic E-state index is 11.7. The van der Waals surface area contributed by atoms with Crippen LogP contribution in [-0.4, -0.2) is 22.1 Å². The van der Waals surface area contributed by atoms with Crippen LogP contribution >= 0.6 is 0 Å². The van der Waals surface area contributed by atoms with E-state index in [1.54, 1.807) is 0 Å². The summed E-state index contributed by atoms with van der Waals surface area (Å²) in [5.74, 6) is -0.694. The van der Waals surface area contributed by atoms with Gasteiger partial charge in [0.2, 0.25) is 0 Å². The Labute approximate surface area is 71.3 Å². The van der Waals surface area contributed by atoms with E-state index in [-0.39, 0.29) is 5.69 Å². The largest absolute Gasteiger partial charge is 0.505 e. The molecule has 0 unspecified atom stereocenters. The fraction of sp³-hybridized carbons (Fsp3) is 0.167. The van der Waals surface area contributed by atoms with Crippen molar-refractivity contribution in [3.8, 4) is 0 Å². The van der Waals surface area contributed by atoms with Crippen molar-refractivity contribution in [1.29, 1.82) is 0 Å². The Bertz CT molecular complexity index is 305. The van der Waals surface area contributed by atoms with Crippen LogP contribution in [0.2, 0.25) is 0 Å².